The third-order valence-electron chi connectivity index (χ3n) is 2.62. The topological polar surface area (TPSA) is 55.1 Å². The summed E-state index contributed by atoms with van der Waals surface area (Å²) < 4.78 is 0. The van der Waals surface area contributed by atoms with E-state index in [4.69, 9.17) is 5.84 Å². The molecule has 0 unspecified atom stereocenters. The summed E-state index contributed by atoms with van der Waals surface area (Å²) >= 11 is 0. The number of amides is 1. The van der Waals surface area contributed by atoms with Crippen LogP contribution in [-0.4, -0.2) is 5.91 Å². The van der Waals surface area contributed by atoms with Gasteiger partial charge in [0, 0.05) is 5.92 Å². The molecule has 0 aliphatic heterocycles. The standard InChI is InChI=1S/C7H14N2O/c1-3-7(2)4-5(7)6(10)9-8/h5H,3-4,8H2,1-2H3,(H,9,10)/t5-,7+/m0/s1. The summed E-state index contributed by atoms with van der Waals surface area (Å²) in [5, 5.41) is 0. The molecule has 1 aliphatic rings. The maximum Gasteiger partial charge on any atom is 0.237 e. The van der Waals surface area contributed by atoms with Crippen LogP contribution < -0.4 is 11.3 Å². The number of hydrogen-bond donors (Lipinski definition) is 2. The molecule has 0 saturated heterocycles. The fourth-order valence-corrected chi connectivity index (χ4v) is 1.31. The first-order chi connectivity index (χ1) is 4.64. The summed E-state index contributed by atoms with van der Waals surface area (Å²) in [5.74, 6) is 5.15. The number of hydrazine groups is 1. The van der Waals surface area contributed by atoms with Crippen molar-refractivity contribution < 1.29 is 4.79 Å². The molecule has 0 radical (unpaired) electrons. The Labute approximate surface area is 60.9 Å². The van der Waals surface area contributed by atoms with E-state index in [0.29, 0.717) is 0 Å². The highest BCUT2D eigenvalue weighted by atomic mass is 16.2. The van der Waals surface area contributed by atoms with Crippen LogP contribution in [-0.2, 0) is 4.79 Å². The Kier molecular flexibility index (Phi) is 1.68. The maximum absolute atomic E-state index is 10.9. The van der Waals surface area contributed by atoms with Crippen molar-refractivity contribution in [3.63, 3.8) is 0 Å². The third kappa shape index (κ3) is 1.01. The van der Waals surface area contributed by atoms with E-state index in [1.54, 1.807) is 0 Å². The van der Waals surface area contributed by atoms with E-state index in [1.807, 2.05) is 0 Å². The molecule has 0 heterocycles. The zero-order valence-corrected chi connectivity index (χ0v) is 6.48. The van der Waals surface area contributed by atoms with Gasteiger partial charge in [-0.3, -0.25) is 10.2 Å². The van der Waals surface area contributed by atoms with Crippen molar-refractivity contribution >= 4 is 5.91 Å². The number of nitrogens with one attached hydrogen (secondary N) is 1. The van der Waals surface area contributed by atoms with E-state index >= 15 is 0 Å². The number of rotatable bonds is 2. The van der Waals surface area contributed by atoms with E-state index in [2.05, 4.69) is 19.3 Å². The highest BCUT2D eigenvalue weighted by Gasteiger charge is 2.52. The minimum atomic E-state index is -0.00986. The normalized spacial score (nSPS) is 37.3. The molecule has 1 fully saturated rings. The molecule has 1 saturated carbocycles. The highest BCUT2D eigenvalue weighted by Crippen LogP contribution is 2.54. The van der Waals surface area contributed by atoms with Crippen LogP contribution in [0.3, 0.4) is 0 Å². The Morgan fingerprint density at radius 3 is 2.80 bits per heavy atom. The molecule has 0 aromatic heterocycles. The average molecular weight is 142 g/mol. The molecule has 10 heavy (non-hydrogen) atoms. The first-order valence-corrected chi connectivity index (χ1v) is 3.64. The van der Waals surface area contributed by atoms with Gasteiger partial charge in [-0.15, -0.1) is 0 Å². The molecule has 0 spiro atoms. The van der Waals surface area contributed by atoms with Crippen LogP contribution >= 0.6 is 0 Å². The van der Waals surface area contributed by atoms with E-state index in [1.165, 1.54) is 0 Å². The van der Waals surface area contributed by atoms with Crippen molar-refractivity contribution in [2.75, 3.05) is 0 Å². The largest absolute Gasteiger partial charge is 0.294 e. The van der Waals surface area contributed by atoms with E-state index in [-0.39, 0.29) is 17.2 Å². The lowest BCUT2D eigenvalue weighted by atomic mass is 10.0. The summed E-state index contributed by atoms with van der Waals surface area (Å²) in [6.45, 7) is 4.22. The molecular weight excluding hydrogens is 128 g/mol. The second kappa shape index (κ2) is 2.23. The lowest BCUT2D eigenvalue weighted by Gasteiger charge is -2.04. The minimum absolute atomic E-state index is 0.00986. The Bertz CT molecular complexity index is 158. The molecule has 3 N–H and O–H groups in total. The molecule has 3 heteroatoms. The first-order valence-electron chi connectivity index (χ1n) is 3.64. The van der Waals surface area contributed by atoms with Crippen molar-refractivity contribution in [3.8, 4) is 0 Å². The molecule has 58 valence electrons. The summed E-state index contributed by atoms with van der Waals surface area (Å²) in [7, 11) is 0. The molecule has 0 aromatic carbocycles. The fraction of sp³-hybridized carbons (Fsp3) is 0.857. The molecule has 0 bridgehead atoms. The smallest absolute Gasteiger partial charge is 0.237 e. The van der Waals surface area contributed by atoms with Crippen LogP contribution in [0.2, 0.25) is 0 Å². The van der Waals surface area contributed by atoms with Crippen LogP contribution in [0.5, 0.6) is 0 Å². The summed E-state index contributed by atoms with van der Waals surface area (Å²) in [6.07, 6.45) is 2.05. The third-order valence-corrected chi connectivity index (χ3v) is 2.62. The second-order valence-electron chi connectivity index (χ2n) is 3.27. The lowest BCUT2D eigenvalue weighted by molar-refractivity contribution is -0.123. The highest BCUT2D eigenvalue weighted by molar-refractivity contribution is 5.81. The summed E-state index contributed by atoms with van der Waals surface area (Å²) in [6, 6.07) is 0. The van der Waals surface area contributed by atoms with Gasteiger partial charge in [-0.05, 0) is 18.3 Å². The van der Waals surface area contributed by atoms with Crippen molar-refractivity contribution in [1.29, 1.82) is 0 Å². The van der Waals surface area contributed by atoms with Crippen molar-refractivity contribution in [1.82, 2.24) is 5.43 Å². The molecular formula is C7H14N2O. The average Bonchev–Trinajstić information content (AvgIpc) is 2.62. The van der Waals surface area contributed by atoms with Crippen LogP contribution in [0, 0.1) is 11.3 Å². The molecule has 1 aliphatic carbocycles. The summed E-state index contributed by atoms with van der Waals surface area (Å²) in [4.78, 5) is 10.9. The van der Waals surface area contributed by atoms with E-state index in [0.717, 1.165) is 12.8 Å². The number of hydrogen-bond acceptors (Lipinski definition) is 2. The van der Waals surface area contributed by atoms with Crippen LogP contribution in [0.15, 0.2) is 0 Å². The Morgan fingerprint density at radius 1 is 1.90 bits per heavy atom. The van der Waals surface area contributed by atoms with Gasteiger partial charge in [-0.2, -0.15) is 0 Å². The molecule has 1 amide bonds. The number of carbonyl (C=O) groups is 1. The monoisotopic (exact) mass is 142 g/mol. The molecule has 1 rings (SSSR count). The quantitative estimate of drug-likeness (QED) is 0.333. The SMILES string of the molecule is CC[C@]1(C)C[C@H]1C(=O)NN. The Balaban J connectivity index is 2.44. The predicted molar refractivity (Wildman–Crippen MR) is 38.8 cm³/mol. The maximum atomic E-state index is 10.9. The second-order valence-corrected chi connectivity index (χ2v) is 3.27. The summed E-state index contributed by atoms with van der Waals surface area (Å²) in [5.41, 5.74) is 2.42. The van der Waals surface area contributed by atoms with Gasteiger partial charge in [0.25, 0.3) is 0 Å². The first kappa shape index (κ1) is 7.54. The fourth-order valence-electron chi connectivity index (χ4n) is 1.31. The Hall–Kier alpha value is -0.570. The van der Waals surface area contributed by atoms with Crippen LogP contribution in [0.1, 0.15) is 26.7 Å². The minimum Gasteiger partial charge on any atom is -0.294 e. The van der Waals surface area contributed by atoms with Gasteiger partial charge in [0.2, 0.25) is 5.91 Å². The molecule has 3 nitrogen and oxygen atoms in total. The van der Waals surface area contributed by atoms with E-state index in [9.17, 15) is 4.79 Å². The van der Waals surface area contributed by atoms with Crippen LogP contribution in [0.4, 0.5) is 0 Å². The van der Waals surface area contributed by atoms with Gasteiger partial charge in [-0.1, -0.05) is 13.8 Å². The lowest BCUT2D eigenvalue weighted by Crippen LogP contribution is -2.32. The van der Waals surface area contributed by atoms with Gasteiger partial charge in [-0.25, -0.2) is 5.84 Å². The van der Waals surface area contributed by atoms with Gasteiger partial charge < -0.3 is 0 Å². The van der Waals surface area contributed by atoms with Gasteiger partial charge in [0.05, 0.1) is 0 Å². The number of nitrogens with two attached hydrogens (primary N) is 1. The van der Waals surface area contributed by atoms with Crippen molar-refractivity contribution in [2.45, 2.75) is 26.7 Å². The van der Waals surface area contributed by atoms with Crippen molar-refractivity contribution in [2.24, 2.45) is 17.2 Å². The van der Waals surface area contributed by atoms with E-state index < -0.39 is 0 Å². The van der Waals surface area contributed by atoms with Gasteiger partial charge >= 0.3 is 0 Å². The zero-order valence-electron chi connectivity index (χ0n) is 6.48. The zero-order chi connectivity index (χ0) is 7.78. The van der Waals surface area contributed by atoms with Crippen LogP contribution in [0.25, 0.3) is 0 Å². The predicted octanol–water partition coefficient (Wildman–Crippen LogP) is 0.413. The molecule has 0 aromatic rings. The molecule has 2 atom stereocenters. The Morgan fingerprint density at radius 2 is 2.50 bits per heavy atom. The van der Waals surface area contributed by atoms with Crippen molar-refractivity contribution in [3.05, 3.63) is 0 Å². The van der Waals surface area contributed by atoms with Gasteiger partial charge in [0.1, 0.15) is 0 Å². The number of carbonyl (C=O) groups excluding carboxylic acids is 1. The van der Waals surface area contributed by atoms with Gasteiger partial charge in [0.15, 0.2) is 0 Å².